The highest BCUT2D eigenvalue weighted by Crippen LogP contribution is 2.19. The van der Waals surface area contributed by atoms with Gasteiger partial charge in [0.2, 0.25) is 0 Å². The number of carbonyl (C=O) groups is 3. The van der Waals surface area contributed by atoms with Crippen LogP contribution in [0.2, 0.25) is 5.02 Å². The Morgan fingerprint density at radius 2 is 1.97 bits per heavy atom. The van der Waals surface area contributed by atoms with Crippen molar-refractivity contribution in [3.8, 4) is 5.82 Å². The number of nitrogens with one attached hydrogen (secondary N) is 2. The van der Waals surface area contributed by atoms with Crippen LogP contribution >= 0.6 is 11.6 Å². The molecule has 2 aromatic heterocycles. The zero-order valence-corrected chi connectivity index (χ0v) is 17.0. The lowest BCUT2D eigenvalue weighted by molar-refractivity contribution is -0.123. The van der Waals surface area contributed by atoms with Crippen molar-refractivity contribution in [3.63, 3.8) is 0 Å². The topological polar surface area (TPSA) is 115 Å². The second kappa shape index (κ2) is 9.04. The summed E-state index contributed by atoms with van der Waals surface area (Å²) in [4.78, 5) is 40.2. The third kappa shape index (κ3) is 5.32. The predicted molar refractivity (Wildman–Crippen MR) is 105 cm³/mol. The Labute approximate surface area is 172 Å². The van der Waals surface area contributed by atoms with Crippen LogP contribution in [-0.4, -0.2) is 45.3 Å². The number of aryl methyl sites for hydroxylation is 2. The van der Waals surface area contributed by atoms with E-state index in [1.165, 1.54) is 6.07 Å². The number of hydrogen-bond donors (Lipinski definition) is 2. The number of urea groups is 1. The summed E-state index contributed by atoms with van der Waals surface area (Å²) in [6, 6.07) is 4.48. The Morgan fingerprint density at radius 1 is 1.24 bits per heavy atom. The number of carbonyl (C=O) groups excluding carboxylic acids is 3. The number of halogens is 1. The molecule has 2 heterocycles. The van der Waals surface area contributed by atoms with Crippen LogP contribution in [0.4, 0.5) is 4.79 Å². The van der Waals surface area contributed by atoms with Gasteiger partial charge < -0.3 is 10.1 Å². The van der Waals surface area contributed by atoms with Crippen molar-refractivity contribution in [1.29, 1.82) is 0 Å². The number of esters is 1. The van der Waals surface area contributed by atoms with Crippen molar-refractivity contribution in [2.45, 2.75) is 45.6 Å². The molecule has 29 heavy (non-hydrogen) atoms. The summed E-state index contributed by atoms with van der Waals surface area (Å²) in [5.74, 6) is -1.21. The van der Waals surface area contributed by atoms with E-state index in [9.17, 15) is 14.4 Å². The van der Waals surface area contributed by atoms with Crippen LogP contribution in [0.5, 0.6) is 0 Å². The summed E-state index contributed by atoms with van der Waals surface area (Å²) < 4.78 is 6.53. The lowest BCUT2D eigenvalue weighted by Gasteiger charge is -2.12. The lowest BCUT2D eigenvalue weighted by Crippen LogP contribution is -2.45. The van der Waals surface area contributed by atoms with Gasteiger partial charge in [0.25, 0.3) is 5.91 Å². The van der Waals surface area contributed by atoms with E-state index in [0.29, 0.717) is 5.82 Å². The summed E-state index contributed by atoms with van der Waals surface area (Å²) in [5.41, 5.74) is 1.50. The van der Waals surface area contributed by atoms with Crippen molar-refractivity contribution < 1.29 is 19.1 Å². The summed E-state index contributed by atoms with van der Waals surface area (Å²) >= 11 is 6.06. The number of ether oxygens (including phenoxy) is 1. The van der Waals surface area contributed by atoms with Crippen LogP contribution in [-0.2, 0) is 9.53 Å². The maximum Gasteiger partial charge on any atom is 0.359 e. The highest BCUT2D eigenvalue weighted by atomic mass is 35.5. The number of pyridine rings is 1. The largest absolute Gasteiger partial charge is 0.451 e. The Hall–Kier alpha value is -2.94. The first-order valence-electron chi connectivity index (χ1n) is 9.31. The number of imide groups is 1. The molecule has 0 saturated heterocycles. The maximum atomic E-state index is 12.3. The summed E-state index contributed by atoms with van der Waals surface area (Å²) in [6.07, 6.45) is 3.90. The maximum absolute atomic E-state index is 12.3. The van der Waals surface area contributed by atoms with E-state index in [-0.39, 0.29) is 16.8 Å². The molecule has 2 aromatic rings. The van der Waals surface area contributed by atoms with E-state index in [1.54, 1.807) is 10.7 Å². The standard InChI is InChI=1S/C19H22ClN5O4/c1-11-9-12(2)25(24-11)15-8-7-14(20)17(22-15)18(27)29-10-16(26)23-19(28)21-13-5-3-4-6-13/h7-9,13H,3-6,10H2,1-2H3,(H2,21,23,26,28). The molecular weight excluding hydrogens is 398 g/mol. The molecule has 1 fully saturated rings. The average Bonchev–Trinajstić information content (AvgIpc) is 3.29. The molecule has 3 amide bonds. The molecule has 10 heteroatoms. The fraction of sp³-hybridized carbons (Fsp3) is 0.421. The van der Waals surface area contributed by atoms with Crippen molar-refractivity contribution in [2.75, 3.05) is 6.61 Å². The molecule has 1 aliphatic carbocycles. The molecule has 0 aromatic carbocycles. The third-order valence-electron chi connectivity index (χ3n) is 4.53. The highest BCUT2D eigenvalue weighted by molar-refractivity contribution is 6.33. The molecular formula is C19H22ClN5O4. The van der Waals surface area contributed by atoms with E-state index in [0.717, 1.165) is 37.1 Å². The molecule has 0 radical (unpaired) electrons. The highest BCUT2D eigenvalue weighted by Gasteiger charge is 2.20. The second-order valence-corrected chi connectivity index (χ2v) is 7.33. The number of hydrogen-bond acceptors (Lipinski definition) is 6. The molecule has 0 unspecified atom stereocenters. The molecule has 0 atom stereocenters. The van der Waals surface area contributed by atoms with Gasteiger partial charge in [0, 0.05) is 11.7 Å². The predicted octanol–water partition coefficient (Wildman–Crippen LogP) is 2.46. The number of aromatic nitrogens is 3. The van der Waals surface area contributed by atoms with E-state index in [2.05, 4.69) is 20.7 Å². The van der Waals surface area contributed by atoms with Crippen molar-refractivity contribution in [2.24, 2.45) is 0 Å². The van der Waals surface area contributed by atoms with Crippen LogP contribution in [0.15, 0.2) is 18.2 Å². The van der Waals surface area contributed by atoms with Crippen molar-refractivity contribution in [1.82, 2.24) is 25.4 Å². The Morgan fingerprint density at radius 3 is 2.62 bits per heavy atom. The number of rotatable bonds is 5. The minimum Gasteiger partial charge on any atom is -0.451 e. The van der Waals surface area contributed by atoms with E-state index < -0.39 is 24.5 Å². The summed E-state index contributed by atoms with van der Waals surface area (Å²) in [7, 11) is 0. The van der Waals surface area contributed by atoms with Crippen LogP contribution in [0, 0.1) is 13.8 Å². The van der Waals surface area contributed by atoms with Gasteiger partial charge in [-0.1, -0.05) is 24.4 Å². The monoisotopic (exact) mass is 419 g/mol. The first kappa shape index (κ1) is 20.8. The molecule has 2 N–H and O–H groups in total. The number of nitrogens with zero attached hydrogens (tertiary/aromatic N) is 3. The van der Waals surface area contributed by atoms with E-state index in [1.807, 2.05) is 19.9 Å². The first-order chi connectivity index (χ1) is 13.8. The Bertz CT molecular complexity index is 937. The van der Waals surface area contributed by atoms with Crippen LogP contribution in [0.3, 0.4) is 0 Å². The quantitative estimate of drug-likeness (QED) is 0.719. The zero-order valence-electron chi connectivity index (χ0n) is 16.2. The van der Waals surface area contributed by atoms with E-state index in [4.69, 9.17) is 16.3 Å². The van der Waals surface area contributed by atoms with Crippen LogP contribution in [0.1, 0.15) is 47.6 Å². The van der Waals surface area contributed by atoms with Gasteiger partial charge in [0.15, 0.2) is 18.1 Å². The SMILES string of the molecule is Cc1cc(C)n(-c2ccc(Cl)c(C(=O)OCC(=O)NC(=O)NC3CCCC3)n2)n1. The average molecular weight is 420 g/mol. The minimum absolute atomic E-state index is 0.0745. The molecule has 0 spiro atoms. The summed E-state index contributed by atoms with van der Waals surface area (Å²) in [6.45, 7) is 3.07. The second-order valence-electron chi connectivity index (χ2n) is 6.92. The van der Waals surface area contributed by atoms with Gasteiger partial charge >= 0.3 is 12.0 Å². The van der Waals surface area contributed by atoms with Gasteiger partial charge in [-0.2, -0.15) is 5.10 Å². The zero-order chi connectivity index (χ0) is 21.0. The molecule has 0 aliphatic heterocycles. The van der Waals surface area contributed by atoms with Gasteiger partial charge in [-0.15, -0.1) is 0 Å². The van der Waals surface area contributed by atoms with Gasteiger partial charge in [0.05, 0.1) is 10.7 Å². The molecule has 3 rings (SSSR count). The smallest absolute Gasteiger partial charge is 0.359 e. The fourth-order valence-electron chi connectivity index (χ4n) is 3.21. The van der Waals surface area contributed by atoms with Crippen LogP contribution in [0.25, 0.3) is 5.82 Å². The lowest BCUT2D eigenvalue weighted by atomic mass is 10.2. The summed E-state index contributed by atoms with van der Waals surface area (Å²) in [5, 5.41) is 9.25. The van der Waals surface area contributed by atoms with Crippen molar-refractivity contribution in [3.05, 3.63) is 40.3 Å². The van der Waals surface area contributed by atoms with Gasteiger partial charge in [-0.3, -0.25) is 10.1 Å². The molecule has 154 valence electrons. The molecule has 9 nitrogen and oxygen atoms in total. The first-order valence-corrected chi connectivity index (χ1v) is 9.69. The Kier molecular flexibility index (Phi) is 6.48. The normalized spacial score (nSPS) is 13.9. The molecule has 1 aliphatic rings. The third-order valence-corrected chi connectivity index (χ3v) is 4.83. The fourth-order valence-corrected chi connectivity index (χ4v) is 3.39. The minimum atomic E-state index is -0.871. The van der Waals surface area contributed by atoms with Crippen LogP contribution < -0.4 is 10.6 Å². The van der Waals surface area contributed by atoms with Gasteiger partial charge in [0.1, 0.15) is 0 Å². The molecule has 0 bridgehead atoms. The number of amides is 3. The van der Waals surface area contributed by atoms with E-state index >= 15 is 0 Å². The molecule has 1 saturated carbocycles. The van der Waals surface area contributed by atoms with Crippen molar-refractivity contribution >= 4 is 29.5 Å². The van der Waals surface area contributed by atoms with Gasteiger partial charge in [-0.25, -0.2) is 19.3 Å². The van der Waals surface area contributed by atoms with Gasteiger partial charge in [-0.05, 0) is 44.9 Å². The Balaban J connectivity index is 1.58.